The summed E-state index contributed by atoms with van der Waals surface area (Å²) in [4.78, 5) is 12.8. The number of aliphatic hydroxyl groups excluding tert-OH is 1. The molecule has 0 saturated carbocycles. The van der Waals surface area contributed by atoms with Crippen molar-refractivity contribution in [3.05, 3.63) is 24.3 Å². The van der Waals surface area contributed by atoms with Gasteiger partial charge < -0.3 is 14.8 Å². The molecule has 3 heteroatoms. The molecular formula is C30H57NO2. The minimum absolute atomic E-state index is 0.277. The van der Waals surface area contributed by atoms with Gasteiger partial charge in [0.25, 0.3) is 0 Å². The van der Waals surface area contributed by atoms with Gasteiger partial charge in [-0.3, -0.25) is 0 Å². The van der Waals surface area contributed by atoms with Gasteiger partial charge in [-0.05, 0) is 64.5 Å². The minimum atomic E-state index is 0.277. The van der Waals surface area contributed by atoms with Crippen LogP contribution in [-0.4, -0.2) is 42.5 Å². The van der Waals surface area contributed by atoms with Gasteiger partial charge in [-0.2, -0.15) is 0 Å². The molecule has 0 aromatic carbocycles. The summed E-state index contributed by atoms with van der Waals surface area (Å²) in [6.07, 6.45) is 35.3. The summed E-state index contributed by atoms with van der Waals surface area (Å²) in [5.41, 5.74) is 0. The number of carbonyl (C=O) groups is 1. The predicted molar refractivity (Wildman–Crippen MR) is 146 cm³/mol. The molecule has 0 unspecified atom stereocenters. The van der Waals surface area contributed by atoms with E-state index < -0.39 is 0 Å². The van der Waals surface area contributed by atoms with Gasteiger partial charge in [-0.1, -0.05) is 102 Å². The third-order valence-corrected chi connectivity index (χ3v) is 6.39. The van der Waals surface area contributed by atoms with Crippen LogP contribution in [0.2, 0.25) is 0 Å². The highest BCUT2D eigenvalue weighted by molar-refractivity contribution is 5.48. The monoisotopic (exact) mass is 463 g/mol. The number of rotatable bonds is 27. The maximum atomic E-state index is 10.3. The SMILES string of the molecule is CCCCC/C=C\C/C=C\CCCCCCCCN(CCO)CCCCCCCCCC=O. The van der Waals surface area contributed by atoms with E-state index in [1.807, 2.05) is 0 Å². The normalized spacial score (nSPS) is 12.0. The van der Waals surface area contributed by atoms with Crippen molar-refractivity contribution in [1.82, 2.24) is 4.90 Å². The highest BCUT2D eigenvalue weighted by Crippen LogP contribution is 2.11. The molecule has 0 spiro atoms. The zero-order valence-electron chi connectivity index (χ0n) is 22.2. The number of carbonyl (C=O) groups excluding carboxylic acids is 1. The highest BCUT2D eigenvalue weighted by atomic mass is 16.3. The molecule has 0 aliphatic carbocycles. The van der Waals surface area contributed by atoms with Crippen molar-refractivity contribution in [2.45, 2.75) is 135 Å². The first kappa shape index (κ1) is 32.1. The lowest BCUT2D eigenvalue weighted by molar-refractivity contribution is -0.107. The van der Waals surface area contributed by atoms with E-state index >= 15 is 0 Å². The molecule has 3 nitrogen and oxygen atoms in total. The fourth-order valence-corrected chi connectivity index (χ4v) is 4.25. The lowest BCUT2D eigenvalue weighted by atomic mass is 10.1. The van der Waals surface area contributed by atoms with Crippen molar-refractivity contribution in [1.29, 1.82) is 0 Å². The molecule has 0 heterocycles. The Morgan fingerprint density at radius 3 is 1.48 bits per heavy atom. The number of aldehydes is 1. The van der Waals surface area contributed by atoms with E-state index in [-0.39, 0.29) is 6.61 Å². The Morgan fingerprint density at radius 2 is 1.00 bits per heavy atom. The van der Waals surface area contributed by atoms with Crippen LogP contribution in [0, 0.1) is 0 Å². The molecule has 0 saturated heterocycles. The van der Waals surface area contributed by atoms with Crippen LogP contribution in [0.25, 0.3) is 0 Å². The van der Waals surface area contributed by atoms with E-state index in [0.717, 1.165) is 45.2 Å². The third kappa shape index (κ3) is 27.2. The van der Waals surface area contributed by atoms with Gasteiger partial charge in [0.1, 0.15) is 6.29 Å². The van der Waals surface area contributed by atoms with Crippen molar-refractivity contribution >= 4 is 6.29 Å². The third-order valence-electron chi connectivity index (χ3n) is 6.39. The summed E-state index contributed by atoms with van der Waals surface area (Å²) in [5, 5.41) is 9.34. The Hall–Kier alpha value is -0.930. The molecule has 0 bridgehead atoms. The number of hydrogen-bond acceptors (Lipinski definition) is 3. The average Bonchev–Trinajstić information content (AvgIpc) is 2.82. The largest absolute Gasteiger partial charge is 0.395 e. The van der Waals surface area contributed by atoms with Gasteiger partial charge in [0.05, 0.1) is 6.61 Å². The molecular weight excluding hydrogens is 406 g/mol. The maximum Gasteiger partial charge on any atom is 0.119 e. The van der Waals surface area contributed by atoms with Gasteiger partial charge in [0.15, 0.2) is 0 Å². The second-order valence-corrected chi connectivity index (χ2v) is 9.58. The molecule has 0 aliphatic rings. The molecule has 194 valence electrons. The molecule has 33 heavy (non-hydrogen) atoms. The summed E-state index contributed by atoms with van der Waals surface area (Å²) in [5.74, 6) is 0. The fourth-order valence-electron chi connectivity index (χ4n) is 4.25. The van der Waals surface area contributed by atoms with E-state index in [4.69, 9.17) is 0 Å². The van der Waals surface area contributed by atoms with Gasteiger partial charge in [-0.25, -0.2) is 0 Å². The molecule has 0 aromatic heterocycles. The number of hydrogen-bond donors (Lipinski definition) is 1. The lowest BCUT2D eigenvalue weighted by Crippen LogP contribution is -2.29. The number of aliphatic hydroxyl groups is 1. The molecule has 0 fully saturated rings. The fraction of sp³-hybridized carbons (Fsp3) is 0.833. The quantitative estimate of drug-likeness (QED) is 0.0755. The molecule has 1 N–H and O–H groups in total. The van der Waals surface area contributed by atoms with Crippen molar-refractivity contribution in [3.63, 3.8) is 0 Å². The highest BCUT2D eigenvalue weighted by Gasteiger charge is 2.04. The molecule has 0 aliphatic heterocycles. The topological polar surface area (TPSA) is 40.5 Å². The predicted octanol–water partition coefficient (Wildman–Crippen LogP) is 8.41. The summed E-state index contributed by atoms with van der Waals surface area (Å²) in [6.45, 7) is 5.63. The molecule has 0 amide bonds. The molecule has 0 aromatic rings. The summed E-state index contributed by atoms with van der Waals surface area (Å²) in [7, 11) is 0. The van der Waals surface area contributed by atoms with Crippen LogP contribution in [0.1, 0.15) is 135 Å². The van der Waals surface area contributed by atoms with Crippen LogP contribution in [-0.2, 0) is 4.79 Å². The Balaban J connectivity index is 3.47. The summed E-state index contributed by atoms with van der Waals surface area (Å²) < 4.78 is 0. The summed E-state index contributed by atoms with van der Waals surface area (Å²) in [6, 6.07) is 0. The number of nitrogens with zero attached hydrogens (tertiary/aromatic N) is 1. The Morgan fingerprint density at radius 1 is 0.545 bits per heavy atom. The van der Waals surface area contributed by atoms with Crippen LogP contribution < -0.4 is 0 Å². The zero-order chi connectivity index (χ0) is 24.1. The van der Waals surface area contributed by atoms with Crippen molar-refractivity contribution in [2.75, 3.05) is 26.2 Å². The van der Waals surface area contributed by atoms with Crippen LogP contribution in [0.15, 0.2) is 24.3 Å². The number of unbranched alkanes of at least 4 members (excludes halogenated alkanes) is 16. The van der Waals surface area contributed by atoms with Crippen molar-refractivity contribution in [3.8, 4) is 0 Å². The molecule has 0 radical (unpaired) electrons. The second kappa shape index (κ2) is 29.1. The summed E-state index contributed by atoms with van der Waals surface area (Å²) >= 11 is 0. The van der Waals surface area contributed by atoms with Crippen LogP contribution in [0.4, 0.5) is 0 Å². The zero-order valence-corrected chi connectivity index (χ0v) is 22.2. The second-order valence-electron chi connectivity index (χ2n) is 9.58. The van der Waals surface area contributed by atoms with E-state index in [2.05, 4.69) is 36.1 Å². The van der Waals surface area contributed by atoms with E-state index in [1.54, 1.807) is 0 Å². The van der Waals surface area contributed by atoms with Crippen LogP contribution in [0.3, 0.4) is 0 Å². The van der Waals surface area contributed by atoms with Gasteiger partial charge in [0, 0.05) is 13.0 Å². The van der Waals surface area contributed by atoms with Gasteiger partial charge >= 0.3 is 0 Å². The van der Waals surface area contributed by atoms with Crippen LogP contribution >= 0.6 is 0 Å². The van der Waals surface area contributed by atoms with Gasteiger partial charge in [0.2, 0.25) is 0 Å². The van der Waals surface area contributed by atoms with Crippen molar-refractivity contribution < 1.29 is 9.90 Å². The Bertz CT molecular complexity index is 433. The Kier molecular flexibility index (Phi) is 28.3. The van der Waals surface area contributed by atoms with E-state index in [0.29, 0.717) is 0 Å². The minimum Gasteiger partial charge on any atom is -0.395 e. The molecule has 0 atom stereocenters. The maximum absolute atomic E-state index is 10.3. The van der Waals surface area contributed by atoms with E-state index in [1.165, 1.54) is 109 Å². The standard InChI is InChI=1S/C30H57NO2/c1-2-3-4-5-6-7-8-9-10-11-12-13-14-17-20-23-26-31(28-30-33)27-24-21-18-15-16-19-22-25-29-32/h6-7,9-10,29,33H,2-5,8,11-28,30H2,1H3/b7-6-,10-9-. The first-order valence-electron chi connectivity index (χ1n) is 14.4. The average molecular weight is 464 g/mol. The van der Waals surface area contributed by atoms with Gasteiger partial charge in [-0.15, -0.1) is 0 Å². The number of allylic oxidation sites excluding steroid dienone is 4. The van der Waals surface area contributed by atoms with Crippen LogP contribution in [0.5, 0.6) is 0 Å². The Labute approximate surface area is 207 Å². The first-order chi connectivity index (χ1) is 16.3. The first-order valence-corrected chi connectivity index (χ1v) is 14.4. The van der Waals surface area contributed by atoms with Crippen molar-refractivity contribution in [2.24, 2.45) is 0 Å². The molecule has 0 rings (SSSR count). The smallest absolute Gasteiger partial charge is 0.119 e. The van der Waals surface area contributed by atoms with E-state index in [9.17, 15) is 9.90 Å². The lowest BCUT2D eigenvalue weighted by Gasteiger charge is -2.21.